The van der Waals surface area contributed by atoms with Crippen LogP contribution in [0, 0.1) is 11.8 Å². The lowest BCUT2D eigenvalue weighted by Gasteiger charge is -2.19. The molecule has 0 bridgehead atoms. The van der Waals surface area contributed by atoms with Gasteiger partial charge in [-0.1, -0.05) is 50.3 Å². The summed E-state index contributed by atoms with van der Waals surface area (Å²) < 4.78 is 5.75. The second kappa shape index (κ2) is 7.24. The average molecular weight is 218 g/mol. The molecule has 1 aromatic carbocycles. The molecule has 0 aliphatic heterocycles. The van der Waals surface area contributed by atoms with Crippen LogP contribution in [-0.4, -0.2) is 6.61 Å². The Balaban J connectivity index is 2.30. The zero-order valence-corrected chi connectivity index (χ0v) is 10.4. The molecule has 0 aliphatic rings. The number of hydrogen-bond donors (Lipinski definition) is 0. The van der Waals surface area contributed by atoms with Crippen LogP contribution in [0.1, 0.15) is 25.8 Å². The Kier molecular flexibility index (Phi) is 5.87. The molecule has 0 saturated carbocycles. The van der Waals surface area contributed by atoms with Gasteiger partial charge in [0.25, 0.3) is 0 Å². The van der Waals surface area contributed by atoms with E-state index in [-0.39, 0.29) is 0 Å². The van der Waals surface area contributed by atoms with E-state index in [1.807, 2.05) is 24.3 Å². The third kappa shape index (κ3) is 4.63. The van der Waals surface area contributed by atoms with E-state index in [4.69, 9.17) is 4.74 Å². The van der Waals surface area contributed by atoms with Gasteiger partial charge < -0.3 is 4.74 Å². The van der Waals surface area contributed by atoms with Gasteiger partial charge in [-0.25, -0.2) is 0 Å². The van der Waals surface area contributed by atoms with Gasteiger partial charge in [0.2, 0.25) is 0 Å². The number of benzene rings is 1. The third-order valence-corrected chi connectivity index (χ3v) is 2.86. The van der Waals surface area contributed by atoms with E-state index in [0.717, 1.165) is 13.0 Å². The fourth-order valence-electron chi connectivity index (χ4n) is 1.65. The molecule has 0 radical (unpaired) electrons. The molecule has 0 heterocycles. The highest BCUT2D eigenvalue weighted by atomic mass is 16.5. The molecule has 0 saturated heterocycles. The van der Waals surface area contributed by atoms with Crippen molar-refractivity contribution in [2.45, 2.75) is 26.9 Å². The van der Waals surface area contributed by atoms with E-state index in [1.54, 1.807) is 0 Å². The van der Waals surface area contributed by atoms with Crippen molar-refractivity contribution >= 4 is 0 Å². The molecule has 88 valence electrons. The van der Waals surface area contributed by atoms with Crippen molar-refractivity contribution in [3.8, 4) is 0 Å². The van der Waals surface area contributed by atoms with Crippen LogP contribution in [0.4, 0.5) is 0 Å². The summed E-state index contributed by atoms with van der Waals surface area (Å²) >= 11 is 0. The maximum atomic E-state index is 5.75. The zero-order chi connectivity index (χ0) is 11.8. The predicted octanol–water partition coefficient (Wildman–Crippen LogP) is 4.05. The lowest BCUT2D eigenvalue weighted by Crippen LogP contribution is -2.15. The number of allylic oxidation sites excluding steroid dienone is 1. The van der Waals surface area contributed by atoms with Crippen molar-refractivity contribution in [2.24, 2.45) is 11.8 Å². The largest absolute Gasteiger partial charge is 0.376 e. The standard InChI is InChI=1S/C15H22O/c1-4-8-15(13(2)3)12-16-11-14-9-6-5-7-10-14/h4-7,9-10,13,15H,1,8,11-12H2,2-3H3/t15-/m1/s1. The minimum atomic E-state index is 0.584. The minimum Gasteiger partial charge on any atom is -0.376 e. The Bertz CT molecular complexity index is 290. The van der Waals surface area contributed by atoms with Gasteiger partial charge in [-0.3, -0.25) is 0 Å². The molecule has 0 unspecified atom stereocenters. The van der Waals surface area contributed by atoms with Gasteiger partial charge in [-0.05, 0) is 23.8 Å². The van der Waals surface area contributed by atoms with Gasteiger partial charge in [0.05, 0.1) is 13.2 Å². The van der Waals surface area contributed by atoms with Crippen LogP contribution in [0.15, 0.2) is 43.0 Å². The molecule has 1 aromatic rings. The van der Waals surface area contributed by atoms with Crippen molar-refractivity contribution in [1.29, 1.82) is 0 Å². The van der Waals surface area contributed by atoms with E-state index in [0.29, 0.717) is 18.4 Å². The van der Waals surface area contributed by atoms with Crippen molar-refractivity contribution in [3.05, 3.63) is 48.6 Å². The van der Waals surface area contributed by atoms with Crippen LogP contribution in [0.25, 0.3) is 0 Å². The van der Waals surface area contributed by atoms with Crippen molar-refractivity contribution in [1.82, 2.24) is 0 Å². The van der Waals surface area contributed by atoms with Gasteiger partial charge in [0, 0.05) is 0 Å². The fraction of sp³-hybridized carbons (Fsp3) is 0.467. The normalized spacial score (nSPS) is 12.7. The molecular formula is C15H22O. The minimum absolute atomic E-state index is 0.584. The summed E-state index contributed by atoms with van der Waals surface area (Å²) in [6, 6.07) is 10.3. The maximum absolute atomic E-state index is 5.75. The molecule has 1 heteroatoms. The van der Waals surface area contributed by atoms with Crippen LogP contribution in [-0.2, 0) is 11.3 Å². The first-order valence-corrected chi connectivity index (χ1v) is 5.96. The van der Waals surface area contributed by atoms with E-state index < -0.39 is 0 Å². The smallest absolute Gasteiger partial charge is 0.0717 e. The molecule has 1 nitrogen and oxygen atoms in total. The van der Waals surface area contributed by atoms with Crippen molar-refractivity contribution < 1.29 is 4.74 Å². The summed E-state index contributed by atoms with van der Waals surface area (Å²) in [5.74, 6) is 1.23. The summed E-state index contributed by atoms with van der Waals surface area (Å²) in [6.07, 6.45) is 3.02. The number of ether oxygens (including phenoxy) is 1. The zero-order valence-electron chi connectivity index (χ0n) is 10.4. The average Bonchev–Trinajstić information content (AvgIpc) is 2.29. The molecule has 16 heavy (non-hydrogen) atoms. The Labute approximate surface area is 99.1 Å². The Hall–Kier alpha value is -1.08. The summed E-state index contributed by atoms with van der Waals surface area (Å²) in [6.45, 7) is 9.79. The first-order valence-electron chi connectivity index (χ1n) is 5.96. The summed E-state index contributed by atoms with van der Waals surface area (Å²) in [5.41, 5.74) is 1.24. The molecule has 0 amide bonds. The summed E-state index contributed by atoms with van der Waals surface area (Å²) in [4.78, 5) is 0. The van der Waals surface area contributed by atoms with Gasteiger partial charge in [-0.15, -0.1) is 6.58 Å². The van der Waals surface area contributed by atoms with Crippen LogP contribution in [0.3, 0.4) is 0 Å². The van der Waals surface area contributed by atoms with Gasteiger partial charge >= 0.3 is 0 Å². The molecule has 0 aliphatic carbocycles. The molecule has 1 rings (SSSR count). The highest BCUT2D eigenvalue weighted by molar-refractivity contribution is 5.13. The summed E-state index contributed by atoms with van der Waals surface area (Å²) in [7, 11) is 0. The summed E-state index contributed by atoms with van der Waals surface area (Å²) in [5, 5.41) is 0. The highest BCUT2D eigenvalue weighted by Gasteiger charge is 2.11. The molecule has 0 N–H and O–H groups in total. The maximum Gasteiger partial charge on any atom is 0.0717 e. The van der Waals surface area contributed by atoms with Gasteiger partial charge in [0.15, 0.2) is 0 Å². The van der Waals surface area contributed by atoms with Crippen LogP contribution in [0.2, 0.25) is 0 Å². The van der Waals surface area contributed by atoms with E-state index in [1.165, 1.54) is 5.56 Å². The van der Waals surface area contributed by atoms with Crippen molar-refractivity contribution in [2.75, 3.05) is 6.61 Å². The number of rotatable bonds is 7. The lowest BCUT2D eigenvalue weighted by atomic mass is 9.93. The molecule has 0 fully saturated rings. The number of hydrogen-bond acceptors (Lipinski definition) is 1. The SMILES string of the molecule is C=CC[C@H](COCc1ccccc1)C(C)C. The monoisotopic (exact) mass is 218 g/mol. The highest BCUT2D eigenvalue weighted by Crippen LogP contribution is 2.16. The second-order valence-electron chi connectivity index (χ2n) is 4.53. The van der Waals surface area contributed by atoms with E-state index in [2.05, 4.69) is 32.6 Å². The third-order valence-electron chi connectivity index (χ3n) is 2.86. The van der Waals surface area contributed by atoms with Crippen molar-refractivity contribution in [3.63, 3.8) is 0 Å². The topological polar surface area (TPSA) is 9.23 Å². The second-order valence-corrected chi connectivity index (χ2v) is 4.53. The van der Waals surface area contributed by atoms with Gasteiger partial charge in [0.1, 0.15) is 0 Å². The Morgan fingerprint density at radius 3 is 2.50 bits per heavy atom. The van der Waals surface area contributed by atoms with E-state index >= 15 is 0 Å². The Morgan fingerprint density at radius 2 is 1.94 bits per heavy atom. The quantitative estimate of drug-likeness (QED) is 0.627. The molecule has 0 spiro atoms. The Morgan fingerprint density at radius 1 is 1.25 bits per heavy atom. The fourth-order valence-corrected chi connectivity index (χ4v) is 1.65. The first-order chi connectivity index (χ1) is 7.74. The van der Waals surface area contributed by atoms with E-state index in [9.17, 15) is 0 Å². The predicted molar refractivity (Wildman–Crippen MR) is 69.2 cm³/mol. The molecule has 0 aromatic heterocycles. The first kappa shape index (κ1) is 13.0. The van der Waals surface area contributed by atoms with Crippen LogP contribution < -0.4 is 0 Å². The molecular weight excluding hydrogens is 196 g/mol. The molecule has 1 atom stereocenters. The van der Waals surface area contributed by atoms with Crippen LogP contribution in [0.5, 0.6) is 0 Å². The van der Waals surface area contributed by atoms with Gasteiger partial charge in [-0.2, -0.15) is 0 Å². The lowest BCUT2D eigenvalue weighted by molar-refractivity contribution is 0.0725. The van der Waals surface area contributed by atoms with Crippen LogP contribution >= 0.6 is 0 Å².